The number of hydrogen-bond acceptors (Lipinski definition) is 3. The van der Waals surface area contributed by atoms with Crippen molar-refractivity contribution in [2.75, 3.05) is 13.1 Å². The third kappa shape index (κ3) is 8.34. The maximum absolute atomic E-state index is 11.1. The van der Waals surface area contributed by atoms with E-state index in [2.05, 4.69) is 9.44 Å². The Bertz CT molecular complexity index is 289. The van der Waals surface area contributed by atoms with Gasteiger partial charge in [-0.05, 0) is 12.3 Å². The van der Waals surface area contributed by atoms with Crippen molar-refractivity contribution < 1.29 is 18.3 Å². The van der Waals surface area contributed by atoms with Gasteiger partial charge >= 0.3 is 5.97 Å². The highest BCUT2D eigenvalue weighted by Gasteiger charge is 2.10. The molecule has 90 valence electrons. The van der Waals surface area contributed by atoms with Crippen LogP contribution in [0.5, 0.6) is 0 Å². The second-order valence-corrected chi connectivity index (χ2v) is 4.97. The van der Waals surface area contributed by atoms with E-state index >= 15 is 0 Å². The number of carboxylic acid groups (broad SMARTS) is 1. The van der Waals surface area contributed by atoms with E-state index in [9.17, 15) is 13.2 Å². The number of aliphatic carboxylic acids is 1. The van der Waals surface area contributed by atoms with Crippen LogP contribution in [-0.2, 0) is 15.0 Å². The molecule has 0 aromatic rings. The zero-order valence-corrected chi connectivity index (χ0v) is 9.80. The average Bonchev–Trinajstić information content (AvgIpc) is 2.11. The first-order chi connectivity index (χ1) is 6.87. The van der Waals surface area contributed by atoms with Gasteiger partial charge in [0.1, 0.15) is 0 Å². The molecule has 0 saturated heterocycles. The summed E-state index contributed by atoms with van der Waals surface area (Å²) in [6, 6.07) is 0. The van der Waals surface area contributed by atoms with Gasteiger partial charge in [-0.3, -0.25) is 4.79 Å². The SMILES string of the molecule is CCNS(=O)(=O)NCC(C)CCC(=O)O. The lowest BCUT2D eigenvalue weighted by Crippen LogP contribution is -2.38. The summed E-state index contributed by atoms with van der Waals surface area (Å²) < 4.78 is 26.9. The number of carboxylic acids is 1. The van der Waals surface area contributed by atoms with Gasteiger partial charge in [-0.2, -0.15) is 8.42 Å². The summed E-state index contributed by atoms with van der Waals surface area (Å²) in [5.74, 6) is -0.856. The van der Waals surface area contributed by atoms with Crippen molar-refractivity contribution in [2.24, 2.45) is 5.92 Å². The molecule has 0 aromatic carbocycles. The second kappa shape index (κ2) is 6.76. The second-order valence-electron chi connectivity index (χ2n) is 3.39. The molecule has 0 spiro atoms. The third-order valence-corrected chi connectivity index (χ3v) is 3.02. The van der Waals surface area contributed by atoms with Crippen LogP contribution in [0.1, 0.15) is 26.7 Å². The molecule has 0 aliphatic heterocycles. The fourth-order valence-corrected chi connectivity index (χ4v) is 1.95. The Morgan fingerprint density at radius 1 is 1.40 bits per heavy atom. The monoisotopic (exact) mass is 238 g/mol. The van der Waals surface area contributed by atoms with Crippen LogP contribution < -0.4 is 9.44 Å². The molecule has 7 heteroatoms. The van der Waals surface area contributed by atoms with Gasteiger partial charge in [-0.1, -0.05) is 13.8 Å². The van der Waals surface area contributed by atoms with Crippen molar-refractivity contribution in [3.63, 3.8) is 0 Å². The van der Waals surface area contributed by atoms with Gasteiger partial charge in [0.25, 0.3) is 10.2 Å². The Labute approximate surface area is 90.2 Å². The molecule has 0 aliphatic rings. The lowest BCUT2D eigenvalue weighted by Gasteiger charge is -2.11. The van der Waals surface area contributed by atoms with Gasteiger partial charge < -0.3 is 5.11 Å². The van der Waals surface area contributed by atoms with E-state index in [1.54, 1.807) is 13.8 Å². The zero-order valence-electron chi connectivity index (χ0n) is 8.99. The summed E-state index contributed by atoms with van der Waals surface area (Å²) in [6.45, 7) is 4.08. The van der Waals surface area contributed by atoms with Crippen LogP contribution in [-0.4, -0.2) is 32.6 Å². The van der Waals surface area contributed by atoms with Crippen molar-refractivity contribution >= 4 is 16.2 Å². The van der Waals surface area contributed by atoms with Crippen LogP contribution >= 0.6 is 0 Å². The van der Waals surface area contributed by atoms with Crippen molar-refractivity contribution in [2.45, 2.75) is 26.7 Å². The largest absolute Gasteiger partial charge is 0.481 e. The maximum Gasteiger partial charge on any atom is 0.303 e. The Morgan fingerprint density at radius 3 is 2.47 bits per heavy atom. The van der Waals surface area contributed by atoms with Gasteiger partial charge in [0.05, 0.1) is 0 Å². The molecular formula is C8H18N2O4S. The highest BCUT2D eigenvalue weighted by atomic mass is 32.2. The van der Waals surface area contributed by atoms with Gasteiger partial charge in [0.2, 0.25) is 0 Å². The molecule has 15 heavy (non-hydrogen) atoms. The highest BCUT2D eigenvalue weighted by Crippen LogP contribution is 2.03. The molecule has 6 nitrogen and oxygen atoms in total. The average molecular weight is 238 g/mol. The van der Waals surface area contributed by atoms with Crippen molar-refractivity contribution in [3.8, 4) is 0 Å². The van der Waals surface area contributed by atoms with E-state index < -0.39 is 16.2 Å². The van der Waals surface area contributed by atoms with Crippen LogP contribution in [0.4, 0.5) is 0 Å². The topological polar surface area (TPSA) is 95.5 Å². The van der Waals surface area contributed by atoms with E-state index in [1.165, 1.54) is 0 Å². The molecule has 0 bridgehead atoms. The molecule has 3 N–H and O–H groups in total. The Hall–Kier alpha value is -0.660. The first-order valence-corrected chi connectivity index (χ1v) is 6.31. The first kappa shape index (κ1) is 14.3. The van der Waals surface area contributed by atoms with Crippen LogP contribution in [0.25, 0.3) is 0 Å². The van der Waals surface area contributed by atoms with Crippen molar-refractivity contribution in [1.82, 2.24) is 9.44 Å². The number of carbonyl (C=O) groups is 1. The lowest BCUT2D eigenvalue weighted by atomic mass is 10.1. The van der Waals surface area contributed by atoms with Gasteiger partial charge in [-0.25, -0.2) is 9.44 Å². The lowest BCUT2D eigenvalue weighted by molar-refractivity contribution is -0.137. The number of nitrogens with one attached hydrogen (secondary N) is 2. The molecule has 0 saturated carbocycles. The minimum atomic E-state index is -3.41. The van der Waals surface area contributed by atoms with Gasteiger partial charge in [-0.15, -0.1) is 0 Å². The van der Waals surface area contributed by atoms with Crippen LogP contribution in [0.3, 0.4) is 0 Å². The maximum atomic E-state index is 11.1. The molecule has 0 heterocycles. The van der Waals surface area contributed by atoms with E-state index in [0.29, 0.717) is 13.0 Å². The standard InChI is InChI=1S/C8H18N2O4S/c1-3-9-15(13,14)10-6-7(2)4-5-8(11)12/h7,9-10H,3-6H2,1-2H3,(H,11,12). The summed E-state index contributed by atoms with van der Waals surface area (Å²) in [4.78, 5) is 10.3. The first-order valence-electron chi connectivity index (χ1n) is 4.83. The van der Waals surface area contributed by atoms with Crippen LogP contribution in [0.2, 0.25) is 0 Å². The van der Waals surface area contributed by atoms with E-state index in [0.717, 1.165) is 0 Å². The molecule has 0 fully saturated rings. The summed E-state index contributed by atoms with van der Waals surface area (Å²) >= 11 is 0. The fraction of sp³-hybridized carbons (Fsp3) is 0.875. The number of hydrogen-bond donors (Lipinski definition) is 3. The van der Waals surface area contributed by atoms with E-state index in [-0.39, 0.29) is 18.9 Å². The molecule has 0 amide bonds. The number of rotatable bonds is 8. The summed E-state index contributed by atoms with van der Waals surface area (Å²) in [5, 5.41) is 8.42. The zero-order chi connectivity index (χ0) is 11.9. The predicted octanol–water partition coefficient (Wildman–Crippen LogP) is -0.0688. The van der Waals surface area contributed by atoms with Crippen molar-refractivity contribution in [3.05, 3.63) is 0 Å². The molecule has 0 aromatic heterocycles. The molecular weight excluding hydrogens is 220 g/mol. The quantitative estimate of drug-likeness (QED) is 0.551. The Morgan fingerprint density at radius 2 is 2.00 bits per heavy atom. The van der Waals surface area contributed by atoms with Gasteiger partial charge in [0.15, 0.2) is 0 Å². The Balaban J connectivity index is 3.80. The normalized spacial score (nSPS) is 13.7. The summed E-state index contributed by atoms with van der Waals surface area (Å²) in [6.07, 6.45) is 0.522. The molecule has 0 rings (SSSR count). The summed E-state index contributed by atoms with van der Waals surface area (Å²) in [7, 11) is -3.41. The predicted molar refractivity (Wildman–Crippen MR) is 56.6 cm³/mol. The van der Waals surface area contributed by atoms with Crippen LogP contribution in [0.15, 0.2) is 0 Å². The van der Waals surface area contributed by atoms with Crippen LogP contribution in [0, 0.1) is 5.92 Å². The Kier molecular flexibility index (Phi) is 6.46. The highest BCUT2D eigenvalue weighted by molar-refractivity contribution is 7.87. The smallest absolute Gasteiger partial charge is 0.303 e. The molecule has 1 atom stereocenters. The molecule has 0 aliphatic carbocycles. The molecule has 0 radical (unpaired) electrons. The van der Waals surface area contributed by atoms with Gasteiger partial charge in [0, 0.05) is 19.5 Å². The minimum absolute atomic E-state index is 0.00883. The van der Waals surface area contributed by atoms with Crippen molar-refractivity contribution in [1.29, 1.82) is 0 Å². The third-order valence-electron chi connectivity index (χ3n) is 1.81. The minimum Gasteiger partial charge on any atom is -0.481 e. The summed E-state index contributed by atoms with van der Waals surface area (Å²) in [5.41, 5.74) is 0. The fourth-order valence-electron chi connectivity index (χ4n) is 0.965. The molecule has 1 unspecified atom stereocenters. The van der Waals surface area contributed by atoms with E-state index in [4.69, 9.17) is 5.11 Å². The van der Waals surface area contributed by atoms with E-state index in [1.807, 2.05) is 0 Å².